The number of nitrogens with one attached hydrogen (secondary N) is 1. The average Bonchev–Trinajstić information content (AvgIpc) is 2.68. The molecule has 1 aliphatic heterocycles. The molecule has 27 heavy (non-hydrogen) atoms. The van der Waals surface area contributed by atoms with Crippen LogP contribution in [0.4, 0.5) is 8.78 Å². The largest absolute Gasteiger partial charge is 0.352 e. The fourth-order valence-corrected chi connectivity index (χ4v) is 4.55. The van der Waals surface area contributed by atoms with E-state index < -0.39 is 26.6 Å². The van der Waals surface area contributed by atoms with Crippen LogP contribution in [0, 0.1) is 17.6 Å². The second kappa shape index (κ2) is 8.10. The maximum Gasteiger partial charge on any atom is 0.246 e. The molecule has 1 fully saturated rings. The van der Waals surface area contributed by atoms with E-state index in [1.165, 1.54) is 0 Å². The Kier molecular flexibility index (Phi) is 5.81. The topological polar surface area (TPSA) is 79.4 Å². The fraction of sp³-hybridized carbons (Fsp3) is 0.333. The van der Waals surface area contributed by atoms with Crippen molar-refractivity contribution in [2.75, 3.05) is 13.1 Å². The van der Waals surface area contributed by atoms with E-state index in [2.05, 4.69) is 10.3 Å². The zero-order valence-electron chi connectivity index (χ0n) is 14.4. The molecule has 144 valence electrons. The van der Waals surface area contributed by atoms with Crippen molar-refractivity contribution in [3.8, 4) is 0 Å². The van der Waals surface area contributed by atoms with Gasteiger partial charge in [0.15, 0.2) is 0 Å². The van der Waals surface area contributed by atoms with Crippen molar-refractivity contribution < 1.29 is 22.0 Å². The van der Waals surface area contributed by atoms with Crippen molar-refractivity contribution in [3.63, 3.8) is 0 Å². The van der Waals surface area contributed by atoms with Crippen molar-refractivity contribution in [1.82, 2.24) is 14.6 Å². The number of aromatic nitrogens is 1. The lowest BCUT2D eigenvalue weighted by atomic mass is 9.97. The smallest absolute Gasteiger partial charge is 0.246 e. The predicted octanol–water partition coefficient (Wildman–Crippen LogP) is 2.08. The molecule has 2 heterocycles. The van der Waals surface area contributed by atoms with E-state index in [1.807, 2.05) is 0 Å². The first-order valence-electron chi connectivity index (χ1n) is 8.50. The second-order valence-electron chi connectivity index (χ2n) is 6.33. The molecule has 0 unspecified atom stereocenters. The Morgan fingerprint density at radius 3 is 2.48 bits per heavy atom. The van der Waals surface area contributed by atoms with Crippen LogP contribution in [0.15, 0.2) is 47.6 Å². The molecule has 0 radical (unpaired) electrons. The molecule has 9 heteroatoms. The summed E-state index contributed by atoms with van der Waals surface area (Å²) in [5.41, 5.74) is 0.917. The van der Waals surface area contributed by atoms with Crippen LogP contribution in [0.25, 0.3) is 0 Å². The molecule has 1 aromatic carbocycles. The van der Waals surface area contributed by atoms with Gasteiger partial charge in [-0.1, -0.05) is 0 Å². The van der Waals surface area contributed by atoms with Crippen molar-refractivity contribution in [2.24, 2.45) is 5.92 Å². The normalized spacial score (nSPS) is 16.2. The SMILES string of the molecule is O=C(NCc1ccncc1)C1CCN(S(=O)(=O)c2cc(F)ccc2F)CC1. The summed E-state index contributed by atoms with van der Waals surface area (Å²) in [6.45, 7) is 0.519. The first kappa shape index (κ1) is 19.4. The van der Waals surface area contributed by atoms with Crippen molar-refractivity contribution in [1.29, 1.82) is 0 Å². The van der Waals surface area contributed by atoms with Crippen LogP contribution in [0.2, 0.25) is 0 Å². The van der Waals surface area contributed by atoms with Crippen LogP contribution in [0.3, 0.4) is 0 Å². The van der Waals surface area contributed by atoms with Gasteiger partial charge in [-0.3, -0.25) is 9.78 Å². The molecule has 1 amide bonds. The number of halogens is 2. The molecule has 0 spiro atoms. The van der Waals surface area contributed by atoms with Gasteiger partial charge in [-0.05, 0) is 48.7 Å². The number of rotatable bonds is 5. The Morgan fingerprint density at radius 1 is 1.15 bits per heavy atom. The summed E-state index contributed by atoms with van der Waals surface area (Å²) in [5.74, 6) is -2.29. The monoisotopic (exact) mass is 395 g/mol. The number of carbonyl (C=O) groups excluding carboxylic acids is 1. The average molecular weight is 395 g/mol. The second-order valence-corrected chi connectivity index (χ2v) is 8.23. The van der Waals surface area contributed by atoms with Crippen molar-refractivity contribution in [2.45, 2.75) is 24.3 Å². The Morgan fingerprint density at radius 2 is 1.81 bits per heavy atom. The highest BCUT2D eigenvalue weighted by atomic mass is 32.2. The third-order valence-corrected chi connectivity index (χ3v) is 6.47. The molecule has 1 aliphatic rings. The highest BCUT2D eigenvalue weighted by Crippen LogP contribution is 2.26. The fourth-order valence-electron chi connectivity index (χ4n) is 3.01. The number of sulfonamides is 1. The summed E-state index contributed by atoms with van der Waals surface area (Å²) in [5, 5.41) is 2.83. The Hall–Kier alpha value is -2.39. The molecule has 0 saturated carbocycles. The van der Waals surface area contributed by atoms with Gasteiger partial charge in [-0.2, -0.15) is 4.31 Å². The van der Waals surface area contributed by atoms with Gasteiger partial charge in [0.25, 0.3) is 0 Å². The van der Waals surface area contributed by atoms with E-state index in [0.29, 0.717) is 25.5 Å². The van der Waals surface area contributed by atoms with Gasteiger partial charge >= 0.3 is 0 Å². The van der Waals surface area contributed by atoms with Gasteiger partial charge in [0.1, 0.15) is 16.5 Å². The minimum absolute atomic E-state index is 0.0750. The summed E-state index contributed by atoms with van der Waals surface area (Å²) >= 11 is 0. The first-order valence-corrected chi connectivity index (χ1v) is 9.94. The van der Waals surface area contributed by atoms with Crippen LogP contribution in [-0.4, -0.2) is 36.7 Å². The van der Waals surface area contributed by atoms with E-state index in [0.717, 1.165) is 22.0 Å². The standard InChI is InChI=1S/C18H19F2N3O3S/c19-15-1-2-16(20)17(11-15)27(25,26)23-9-5-14(6-10-23)18(24)22-12-13-3-7-21-8-4-13/h1-4,7-8,11,14H,5-6,9-10,12H2,(H,22,24). The Balaban J connectivity index is 1.59. The summed E-state index contributed by atoms with van der Waals surface area (Å²) in [7, 11) is -4.14. The van der Waals surface area contributed by atoms with Gasteiger partial charge in [0, 0.05) is 37.9 Å². The summed E-state index contributed by atoms with van der Waals surface area (Å²) in [6.07, 6.45) is 3.91. The number of nitrogens with zero attached hydrogens (tertiary/aromatic N) is 2. The minimum atomic E-state index is -4.14. The van der Waals surface area contributed by atoms with E-state index >= 15 is 0 Å². The number of carbonyl (C=O) groups is 1. The lowest BCUT2D eigenvalue weighted by molar-refractivity contribution is -0.126. The number of benzene rings is 1. The number of pyridine rings is 1. The quantitative estimate of drug-likeness (QED) is 0.841. The Labute approximate surface area is 156 Å². The molecule has 0 aliphatic carbocycles. The number of hydrogen-bond acceptors (Lipinski definition) is 4. The molecular weight excluding hydrogens is 376 g/mol. The van der Waals surface area contributed by atoms with E-state index in [1.54, 1.807) is 24.5 Å². The number of piperidine rings is 1. The maximum atomic E-state index is 13.8. The number of amides is 1. The van der Waals surface area contributed by atoms with Crippen LogP contribution < -0.4 is 5.32 Å². The third kappa shape index (κ3) is 4.48. The van der Waals surface area contributed by atoms with Crippen LogP contribution >= 0.6 is 0 Å². The summed E-state index contributed by atoms with van der Waals surface area (Å²) < 4.78 is 53.4. The number of hydrogen-bond donors (Lipinski definition) is 1. The lowest BCUT2D eigenvalue weighted by Gasteiger charge is -2.30. The van der Waals surface area contributed by atoms with Crippen LogP contribution in [0.1, 0.15) is 18.4 Å². The van der Waals surface area contributed by atoms with Crippen molar-refractivity contribution in [3.05, 3.63) is 59.9 Å². The molecule has 2 aromatic rings. The van der Waals surface area contributed by atoms with E-state index in [-0.39, 0.29) is 24.9 Å². The maximum absolute atomic E-state index is 13.8. The zero-order chi connectivity index (χ0) is 19.4. The van der Waals surface area contributed by atoms with E-state index in [9.17, 15) is 22.0 Å². The van der Waals surface area contributed by atoms with E-state index in [4.69, 9.17) is 0 Å². The highest BCUT2D eigenvalue weighted by Gasteiger charge is 2.33. The Bertz CT molecular complexity index is 915. The first-order chi connectivity index (χ1) is 12.9. The molecule has 6 nitrogen and oxygen atoms in total. The van der Waals surface area contributed by atoms with Crippen molar-refractivity contribution >= 4 is 15.9 Å². The highest BCUT2D eigenvalue weighted by molar-refractivity contribution is 7.89. The van der Waals surface area contributed by atoms with Gasteiger partial charge in [0.05, 0.1) is 0 Å². The summed E-state index contributed by atoms with van der Waals surface area (Å²) in [4.78, 5) is 15.5. The van der Waals surface area contributed by atoms with Gasteiger partial charge in [-0.25, -0.2) is 17.2 Å². The van der Waals surface area contributed by atoms with Crippen LogP contribution in [-0.2, 0) is 21.4 Å². The predicted molar refractivity (Wildman–Crippen MR) is 93.9 cm³/mol. The minimum Gasteiger partial charge on any atom is -0.352 e. The van der Waals surface area contributed by atoms with Gasteiger partial charge < -0.3 is 5.32 Å². The molecule has 1 aromatic heterocycles. The van der Waals surface area contributed by atoms with Gasteiger partial charge in [-0.15, -0.1) is 0 Å². The molecule has 1 N–H and O–H groups in total. The third-order valence-electron chi connectivity index (χ3n) is 4.55. The molecular formula is C18H19F2N3O3S. The molecule has 0 atom stereocenters. The summed E-state index contributed by atoms with van der Waals surface area (Å²) in [6, 6.07) is 5.93. The molecule has 3 rings (SSSR count). The van der Waals surface area contributed by atoms with Gasteiger partial charge in [0.2, 0.25) is 15.9 Å². The zero-order valence-corrected chi connectivity index (χ0v) is 15.3. The lowest BCUT2D eigenvalue weighted by Crippen LogP contribution is -2.43. The molecule has 1 saturated heterocycles. The van der Waals surface area contributed by atoms with Crippen LogP contribution in [0.5, 0.6) is 0 Å². The molecule has 0 bridgehead atoms.